The Labute approximate surface area is 56.8 Å². The van der Waals surface area contributed by atoms with Gasteiger partial charge in [-0.3, -0.25) is 0 Å². The van der Waals surface area contributed by atoms with E-state index < -0.39 is 0 Å². The van der Waals surface area contributed by atoms with Crippen molar-refractivity contribution < 1.29 is 0 Å². The largest absolute Gasteiger partial charge is 0.316 e. The van der Waals surface area contributed by atoms with E-state index in [4.69, 9.17) is 0 Å². The summed E-state index contributed by atoms with van der Waals surface area (Å²) in [6.07, 6.45) is 4.41. The molecule has 0 aromatic heterocycles. The molecule has 9 heavy (non-hydrogen) atoms. The summed E-state index contributed by atoms with van der Waals surface area (Å²) in [5.74, 6) is 1.02. The van der Waals surface area contributed by atoms with Gasteiger partial charge in [0.15, 0.2) is 0 Å². The van der Waals surface area contributed by atoms with Crippen molar-refractivity contribution in [1.29, 1.82) is 0 Å². The highest BCUT2D eigenvalue weighted by Gasteiger charge is 2.43. The second-order valence-corrected chi connectivity index (χ2v) is 3.94. The molecule has 0 radical (unpaired) electrons. The lowest BCUT2D eigenvalue weighted by Crippen LogP contribution is -2.37. The van der Waals surface area contributed by atoms with Gasteiger partial charge in [-0.2, -0.15) is 0 Å². The number of nitrogens with one attached hydrogen (secondary N) is 1. The van der Waals surface area contributed by atoms with Crippen molar-refractivity contribution in [2.45, 2.75) is 26.2 Å². The fraction of sp³-hybridized carbons (Fsp3) is 1.00. The van der Waals surface area contributed by atoms with Gasteiger partial charge in [0, 0.05) is 6.54 Å². The summed E-state index contributed by atoms with van der Waals surface area (Å²) < 4.78 is 0. The van der Waals surface area contributed by atoms with Gasteiger partial charge in [-0.15, -0.1) is 0 Å². The molecule has 2 fully saturated rings. The lowest BCUT2D eigenvalue weighted by Gasteiger charge is -2.43. The van der Waals surface area contributed by atoms with Crippen molar-refractivity contribution in [2.75, 3.05) is 13.1 Å². The Hall–Kier alpha value is -0.0400. The third kappa shape index (κ3) is 0.787. The normalized spacial score (nSPS) is 49.7. The van der Waals surface area contributed by atoms with Gasteiger partial charge in [0.05, 0.1) is 0 Å². The summed E-state index contributed by atoms with van der Waals surface area (Å²) in [6, 6.07) is 0. The van der Waals surface area contributed by atoms with E-state index in [-0.39, 0.29) is 0 Å². The standard InChI is InChI=1S/C8H15N/c1-7-4-8(5-7)2-3-9-6-8/h7,9H,2-6H2,1H3/t7-,8-. The molecule has 52 valence electrons. The molecule has 1 aliphatic heterocycles. The molecule has 2 rings (SSSR count). The van der Waals surface area contributed by atoms with Gasteiger partial charge in [0.1, 0.15) is 0 Å². The van der Waals surface area contributed by atoms with Gasteiger partial charge in [-0.25, -0.2) is 0 Å². The summed E-state index contributed by atoms with van der Waals surface area (Å²) >= 11 is 0. The van der Waals surface area contributed by atoms with Crippen LogP contribution in [0, 0.1) is 11.3 Å². The molecule has 1 N–H and O–H groups in total. The summed E-state index contributed by atoms with van der Waals surface area (Å²) in [6.45, 7) is 4.94. The molecule has 0 bridgehead atoms. The van der Waals surface area contributed by atoms with Gasteiger partial charge in [0.25, 0.3) is 0 Å². The molecule has 2 aliphatic rings. The molecule has 0 amide bonds. The Morgan fingerprint density at radius 2 is 2.22 bits per heavy atom. The van der Waals surface area contributed by atoms with Gasteiger partial charge in [0.2, 0.25) is 0 Å². The fourth-order valence-corrected chi connectivity index (χ4v) is 2.56. The molecule has 1 saturated carbocycles. The van der Waals surface area contributed by atoms with Gasteiger partial charge < -0.3 is 5.32 Å². The Balaban J connectivity index is 1.95. The predicted octanol–water partition coefficient (Wildman–Crippen LogP) is 1.40. The van der Waals surface area contributed by atoms with Crippen LogP contribution in [0.1, 0.15) is 26.2 Å². The molecular weight excluding hydrogens is 110 g/mol. The van der Waals surface area contributed by atoms with Crippen molar-refractivity contribution in [2.24, 2.45) is 11.3 Å². The molecule has 0 unspecified atom stereocenters. The smallest absolute Gasteiger partial charge is 0.000849 e. The van der Waals surface area contributed by atoms with Crippen LogP contribution >= 0.6 is 0 Å². The Bertz CT molecular complexity index is 106. The van der Waals surface area contributed by atoms with Gasteiger partial charge in [-0.05, 0) is 37.1 Å². The maximum atomic E-state index is 3.44. The second kappa shape index (κ2) is 1.72. The van der Waals surface area contributed by atoms with Crippen LogP contribution in [0.5, 0.6) is 0 Å². The van der Waals surface area contributed by atoms with Crippen LogP contribution in [0.4, 0.5) is 0 Å². The van der Waals surface area contributed by atoms with Gasteiger partial charge in [-0.1, -0.05) is 6.92 Å². The average molecular weight is 125 g/mol. The highest BCUT2D eigenvalue weighted by molar-refractivity contribution is 4.97. The summed E-state index contributed by atoms with van der Waals surface area (Å²) in [5.41, 5.74) is 0.777. The van der Waals surface area contributed by atoms with Crippen molar-refractivity contribution in [1.82, 2.24) is 5.32 Å². The van der Waals surface area contributed by atoms with Gasteiger partial charge >= 0.3 is 0 Å². The minimum absolute atomic E-state index is 0.777. The molecule has 0 aromatic rings. The number of hydrogen-bond acceptors (Lipinski definition) is 1. The minimum Gasteiger partial charge on any atom is -0.316 e. The van der Waals surface area contributed by atoms with Crippen molar-refractivity contribution >= 4 is 0 Å². The van der Waals surface area contributed by atoms with E-state index in [9.17, 15) is 0 Å². The van der Waals surface area contributed by atoms with Crippen LogP contribution in [0.2, 0.25) is 0 Å². The SMILES string of the molecule is C[C@H]1C[C@@]2(CCNC2)C1. The van der Waals surface area contributed by atoms with E-state index in [2.05, 4.69) is 12.2 Å². The van der Waals surface area contributed by atoms with Crippen LogP contribution in [-0.2, 0) is 0 Å². The Morgan fingerprint density at radius 1 is 1.44 bits per heavy atom. The van der Waals surface area contributed by atoms with Crippen molar-refractivity contribution in [3.05, 3.63) is 0 Å². The first kappa shape index (κ1) is 5.72. The molecule has 0 atom stereocenters. The topological polar surface area (TPSA) is 12.0 Å². The van der Waals surface area contributed by atoms with Crippen molar-refractivity contribution in [3.8, 4) is 0 Å². The first-order chi connectivity index (χ1) is 4.31. The number of hydrogen-bond donors (Lipinski definition) is 1. The molecule has 1 saturated heterocycles. The predicted molar refractivity (Wildman–Crippen MR) is 38.3 cm³/mol. The first-order valence-corrected chi connectivity index (χ1v) is 4.02. The third-order valence-electron chi connectivity index (χ3n) is 2.90. The molecular formula is C8H15N. The Kier molecular flexibility index (Phi) is 1.10. The van der Waals surface area contributed by atoms with E-state index in [1.165, 1.54) is 32.4 Å². The fourth-order valence-electron chi connectivity index (χ4n) is 2.56. The molecule has 1 heterocycles. The molecule has 1 aliphatic carbocycles. The minimum atomic E-state index is 0.777. The van der Waals surface area contributed by atoms with Crippen LogP contribution in [0.15, 0.2) is 0 Å². The summed E-state index contributed by atoms with van der Waals surface area (Å²) in [7, 11) is 0. The summed E-state index contributed by atoms with van der Waals surface area (Å²) in [5, 5.41) is 3.44. The Morgan fingerprint density at radius 3 is 2.67 bits per heavy atom. The maximum Gasteiger partial charge on any atom is 0.000849 e. The highest BCUT2D eigenvalue weighted by atomic mass is 14.9. The zero-order valence-corrected chi connectivity index (χ0v) is 6.11. The monoisotopic (exact) mass is 125 g/mol. The van der Waals surface area contributed by atoms with Crippen molar-refractivity contribution in [3.63, 3.8) is 0 Å². The first-order valence-electron chi connectivity index (χ1n) is 4.02. The lowest BCUT2D eigenvalue weighted by molar-refractivity contribution is 0.0897. The molecule has 1 spiro atoms. The van der Waals surface area contributed by atoms with Crippen LogP contribution in [0.3, 0.4) is 0 Å². The van der Waals surface area contributed by atoms with E-state index in [1.54, 1.807) is 0 Å². The zero-order valence-electron chi connectivity index (χ0n) is 6.11. The van der Waals surface area contributed by atoms with Crippen LogP contribution < -0.4 is 5.32 Å². The molecule has 0 aromatic carbocycles. The molecule has 1 heteroatoms. The van der Waals surface area contributed by atoms with E-state index >= 15 is 0 Å². The van der Waals surface area contributed by atoms with E-state index in [1.807, 2.05) is 0 Å². The van der Waals surface area contributed by atoms with Crippen LogP contribution in [-0.4, -0.2) is 13.1 Å². The zero-order chi connectivity index (χ0) is 6.32. The highest BCUT2D eigenvalue weighted by Crippen LogP contribution is 2.49. The average Bonchev–Trinajstić information content (AvgIpc) is 2.12. The maximum absolute atomic E-state index is 3.44. The quantitative estimate of drug-likeness (QED) is 0.516. The summed E-state index contributed by atoms with van der Waals surface area (Å²) in [4.78, 5) is 0. The number of rotatable bonds is 0. The van der Waals surface area contributed by atoms with Crippen LogP contribution in [0.25, 0.3) is 0 Å². The molecule has 1 nitrogen and oxygen atoms in total. The third-order valence-corrected chi connectivity index (χ3v) is 2.90. The lowest BCUT2D eigenvalue weighted by atomic mass is 9.62. The van der Waals surface area contributed by atoms with E-state index in [0.29, 0.717) is 0 Å². The van der Waals surface area contributed by atoms with E-state index in [0.717, 1.165) is 11.3 Å². The second-order valence-electron chi connectivity index (χ2n) is 3.94.